The molecule has 1 aliphatic carbocycles. The average Bonchev–Trinajstić information content (AvgIpc) is 3.19. The molecule has 1 aromatic carbocycles. The van der Waals surface area contributed by atoms with Gasteiger partial charge in [0.1, 0.15) is 5.75 Å². The summed E-state index contributed by atoms with van der Waals surface area (Å²) in [5, 5.41) is 12.7. The van der Waals surface area contributed by atoms with Crippen LogP contribution >= 0.6 is 0 Å². The normalized spacial score (nSPS) is 16.6. The molecular formula is C15H23NO2. The second-order valence-electron chi connectivity index (χ2n) is 5.26. The second kappa shape index (κ2) is 5.72. The number of aliphatic hydroxyl groups is 1. The summed E-state index contributed by atoms with van der Waals surface area (Å²) in [6.45, 7) is 4.22. The van der Waals surface area contributed by atoms with E-state index in [1.807, 2.05) is 6.07 Å². The molecule has 1 saturated carbocycles. The second-order valence-corrected chi connectivity index (χ2v) is 5.26. The van der Waals surface area contributed by atoms with E-state index < -0.39 is 0 Å². The zero-order valence-corrected chi connectivity index (χ0v) is 11.3. The molecule has 0 amide bonds. The minimum Gasteiger partial charge on any atom is -0.496 e. The number of nitrogens with one attached hydrogen (secondary N) is 1. The highest BCUT2D eigenvalue weighted by Crippen LogP contribution is 2.44. The molecule has 100 valence electrons. The third-order valence-corrected chi connectivity index (χ3v) is 3.85. The molecule has 2 rings (SSSR count). The zero-order chi connectivity index (χ0) is 13.0. The topological polar surface area (TPSA) is 41.5 Å². The highest BCUT2D eigenvalue weighted by atomic mass is 16.5. The monoisotopic (exact) mass is 249 g/mol. The summed E-state index contributed by atoms with van der Waals surface area (Å²) in [6.07, 6.45) is 3.29. The molecule has 1 aliphatic rings. The molecule has 0 aromatic heterocycles. The molecule has 0 spiro atoms. The quantitative estimate of drug-likeness (QED) is 0.778. The van der Waals surface area contributed by atoms with Crippen molar-refractivity contribution in [3.8, 4) is 5.75 Å². The summed E-state index contributed by atoms with van der Waals surface area (Å²) in [5.41, 5.74) is 2.71. The molecule has 3 nitrogen and oxygen atoms in total. The zero-order valence-electron chi connectivity index (χ0n) is 11.3. The summed E-state index contributed by atoms with van der Waals surface area (Å²) in [4.78, 5) is 0. The lowest BCUT2D eigenvalue weighted by Crippen LogP contribution is -2.26. The van der Waals surface area contributed by atoms with E-state index in [4.69, 9.17) is 4.74 Å². The molecule has 2 N–H and O–H groups in total. The lowest BCUT2D eigenvalue weighted by atomic mass is 10.1. The van der Waals surface area contributed by atoms with Gasteiger partial charge in [0, 0.05) is 25.1 Å². The van der Waals surface area contributed by atoms with Crippen molar-refractivity contribution in [2.75, 3.05) is 20.3 Å². The van der Waals surface area contributed by atoms with Crippen LogP contribution in [0.5, 0.6) is 5.75 Å². The minimum atomic E-state index is 0.181. The van der Waals surface area contributed by atoms with Crippen LogP contribution in [0, 0.1) is 5.41 Å². The van der Waals surface area contributed by atoms with Gasteiger partial charge in [0.25, 0.3) is 0 Å². The van der Waals surface area contributed by atoms with E-state index in [1.54, 1.807) is 7.11 Å². The Hall–Kier alpha value is -1.06. The first-order valence-electron chi connectivity index (χ1n) is 6.70. The van der Waals surface area contributed by atoms with E-state index in [0.29, 0.717) is 6.61 Å². The Kier molecular flexibility index (Phi) is 4.25. The summed E-state index contributed by atoms with van der Waals surface area (Å²) >= 11 is 0. The highest BCUT2D eigenvalue weighted by molar-refractivity contribution is 5.37. The Morgan fingerprint density at radius 3 is 2.72 bits per heavy atom. The van der Waals surface area contributed by atoms with Gasteiger partial charge in [-0.1, -0.05) is 19.1 Å². The largest absolute Gasteiger partial charge is 0.496 e. The van der Waals surface area contributed by atoms with Crippen molar-refractivity contribution < 1.29 is 9.84 Å². The molecule has 0 atom stereocenters. The molecule has 0 saturated heterocycles. The van der Waals surface area contributed by atoms with Crippen molar-refractivity contribution >= 4 is 0 Å². The predicted octanol–water partition coefficient (Wildman–Crippen LogP) is 2.12. The van der Waals surface area contributed by atoms with Gasteiger partial charge in [-0.3, -0.25) is 0 Å². The number of methoxy groups -OCH3 is 1. The first kappa shape index (κ1) is 13.4. The van der Waals surface area contributed by atoms with Crippen molar-refractivity contribution in [1.29, 1.82) is 0 Å². The van der Waals surface area contributed by atoms with Crippen LogP contribution in [0.2, 0.25) is 0 Å². The van der Waals surface area contributed by atoms with Gasteiger partial charge in [-0.2, -0.15) is 0 Å². The van der Waals surface area contributed by atoms with Crippen molar-refractivity contribution in [2.45, 2.75) is 32.7 Å². The van der Waals surface area contributed by atoms with Gasteiger partial charge in [-0.15, -0.1) is 0 Å². The number of rotatable bonds is 7. The van der Waals surface area contributed by atoms with Crippen LogP contribution in [0.25, 0.3) is 0 Å². The lowest BCUT2D eigenvalue weighted by molar-refractivity contribution is 0.207. The van der Waals surface area contributed by atoms with E-state index in [-0.39, 0.29) is 5.41 Å². The standard InChI is InChI=1S/C15H23NO2/c1-3-13-8-12(4-5-14(13)18-2)9-16-10-15(11-17)6-7-15/h4-5,8,16-17H,3,6-7,9-11H2,1-2H3. The van der Waals surface area contributed by atoms with Gasteiger partial charge in [0.2, 0.25) is 0 Å². The van der Waals surface area contributed by atoms with Crippen LogP contribution in [-0.2, 0) is 13.0 Å². The van der Waals surface area contributed by atoms with Crippen LogP contribution < -0.4 is 10.1 Å². The number of ether oxygens (including phenoxy) is 1. The molecule has 0 unspecified atom stereocenters. The van der Waals surface area contributed by atoms with E-state index in [9.17, 15) is 5.11 Å². The SMILES string of the molecule is CCc1cc(CNCC2(CO)CC2)ccc1OC. The van der Waals surface area contributed by atoms with E-state index in [1.165, 1.54) is 11.1 Å². The fourth-order valence-corrected chi connectivity index (χ4v) is 2.26. The van der Waals surface area contributed by atoms with Gasteiger partial charge in [0.05, 0.1) is 7.11 Å². The van der Waals surface area contributed by atoms with Crippen molar-refractivity contribution in [3.05, 3.63) is 29.3 Å². The molecule has 18 heavy (non-hydrogen) atoms. The molecule has 1 fully saturated rings. The van der Waals surface area contributed by atoms with Crippen molar-refractivity contribution in [2.24, 2.45) is 5.41 Å². The van der Waals surface area contributed by atoms with Gasteiger partial charge in [-0.05, 0) is 36.5 Å². The Morgan fingerprint density at radius 2 is 2.17 bits per heavy atom. The summed E-state index contributed by atoms with van der Waals surface area (Å²) in [7, 11) is 1.71. The Balaban J connectivity index is 1.89. The van der Waals surface area contributed by atoms with Crippen LogP contribution in [0.4, 0.5) is 0 Å². The molecule has 1 aromatic rings. The average molecular weight is 249 g/mol. The van der Waals surface area contributed by atoms with Crippen molar-refractivity contribution in [1.82, 2.24) is 5.32 Å². The number of aryl methyl sites for hydroxylation is 1. The molecule has 0 radical (unpaired) electrons. The number of hydrogen-bond donors (Lipinski definition) is 2. The predicted molar refractivity (Wildman–Crippen MR) is 72.8 cm³/mol. The number of benzene rings is 1. The van der Waals surface area contributed by atoms with Gasteiger partial charge < -0.3 is 15.2 Å². The van der Waals surface area contributed by atoms with Gasteiger partial charge in [0.15, 0.2) is 0 Å². The minimum absolute atomic E-state index is 0.181. The molecule has 0 bridgehead atoms. The maximum atomic E-state index is 9.25. The van der Waals surface area contributed by atoms with E-state index >= 15 is 0 Å². The third kappa shape index (κ3) is 3.03. The highest BCUT2D eigenvalue weighted by Gasteiger charge is 2.41. The first-order valence-corrected chi connectivity index (χ1v) is 6.70. The Morgan fingerprint density at radius 1 is 1.39 bits per heavy atom. The summed E-state index contributed by atoms with van der Waals surface area (Å²) < 4.78 is 5.32. The molecule has 3 heteroatoms. The van der Waals surface area contributed by atoms with Gasteiger partial charge in [-0.25, -0.2) is 0 Å². The van der Waals surface area contributed by atoms with Crippen LogP contribution in [0.1, 0.15) is 30.9 Å². The number of hydrogen-bond acceptors (Lipinski definition) is 3. The maximum absolute atomic E-state index is 9.25. The summed E-state index contributed by atoms with van der Waals surface area (Å²) in [5.74, 6) is 0.968. The maximum Gasteiger partial charge on any atom is 0.122 e. The van der Waals surface area contributed by atoms with Crippen molar-refractivity contribution in [3.63, 3.8) is 0 Å². The fourth-order valence-electron chi connectivity index (χ4n) is 2.26. The van der Waals surface area contributed by atoms with Crippen LogP contribution in [0.15, 0.2) is 18.2 Å². The first-order chi connectivity index (χ1) is 8.73. The van der Waals surface area contributed by atoms with Gasteiger partial charge >= 0.3 is 0 Å². The fraction of sp³-hybridized carbons (Fsp3) is 0.600. The van der Waals surface area contributed by atoms with Crippen LogP contribution in [-0.4, -0.2) is 25.4 Å². The smallest absolute Gasteiger partial charge is 0.122 e. The Bertz CT molecular complexity index is 399. The number of aliphatic hydroxyl groups excluding tert-OH is 1. The molecule has 0 aliphatic heterocycles. The van der Waals surface area contributed by atoms with Crippen LogP contribution in [0.3, 0.4) is 0 Å². The Labute approximate surface area is 109 Å². The molecular weight excluding hydrogens is 226 g/mol. The summed E-state index contributed by atoms with van der Waals surface area (Å²) in [6, 6.07) is 6.34. The van der Waals surface area contributed by atoms with E-state index in [0.717, 1.165) is 38.1 Å². The molecule has 0 heterocycles. The lowest BCUT2D eigenvalue weighted by Gasteiger charge is -2.14. The van der Waals surface area contributed by atoms with E-state index in [2.05, 4.69) is 24.4 Å². The third-order valence-electron chi connectivity index (χ3n) is 3.85.